The monoisotopic (exact) mass is 226 g/mol. The summed E-state index contributed by atoms with van der Waals surface area (Å²) in [6.07, 6.45) is 6.79. The van der Waals surface area contributed by atoms with E-state index in [2.05, 4.69) is 27.7 Å². The average molecular weight is 226 g/mol. The Labute approximate surface area is 102 Å². The zero-order chi connectivity index (χ0) is 12.2. The molecule has 1 rings (SSSR count). The molecule has 4 atom stereocenters. The lowest BCUT2D eigenvalue weighted by Crippen LogP contribution is -2.43. The van der Waals surface area contributed by atoms with E-state index < -0.39 is 0 Å². The topological polar surface area (TPSA) is 9.23 Å². The third-order valence-corrected chi connectivity index (χ3v) is 4.96. The van der Waals surface area contributed by atoms with Gasteiger partial charge < -0.3 is 4.74 Å². The van der Waals surface area contributed by atoms with Crippen LogP contribution in [0.25, 0.3) is 0 Å². The van der Waals surface area contributed by atoms with E-state index in [0.717, 1.165) is 24.4 Å². The van der Waals surface area contributed by atoms with Crippen LogP contribution in [0.4, 0.5) is 0 Å². The summed E-state index contributed by atoms with van der Waals surface area (Å²) in [5.41, 5.74) is 0.456. The molecule has 0 heterocycles. The van der Waals surface area contributed by atoms with Gasteiger partial charge in [-0.25, -0.2) is 0 Å². The van der Waals surface area contributed by atoms with E-state index in [1.807, 2.05) is 7.11 Å². The third kappa shape index (κ3) is 2.80. The van der Waals surface area contributed by atoms with E-state index >= 15 is 0 Å². The van der Waals surface area contributed by atoms with Gasteiger partial charge in [0, 0.05) is 7.11 Å². The molecule has 1 aliphatic rings. The molecule has 0 aromatic carbocycles. The fourth-order valence-electron chi connectivity index (χ4n) is 3.80. The van der Waals surface area contributed by atoms with Gasteiger partial charge in [0.2, 0.25) is 0 Å². The van der Waals surface area contributed by atoms with Gasteiger partial charge in [0.1, 0.15) is 0 Å². The molecule has 16 heavy (non-hydrogen) atoms. The highest BCUT2D eigenvalue weighted by Crippen LogP contribution is 2.49. The van der Waals surface area contributed by atoms with Crippen molar-refractivity contribution in [2.24, 2.45) is 23.2 Å². The molecule has 0 N–H and O–H groups in total. The Balaban J connectivity index is 2.78. The van der Waals surface area contributed by atoms with Gasteiger partial charge in [-0.1, -0.05) is 47.0 Å². The molecule has 0 aromatic rings. The number of hydrogen-bond acceptors (Lipinski definition) is 1. The van der Waals surface area contributed by atoms with Crippen molar-refractivity contribution in [3.63, 3.8) is 0 Å². The highest BCUT2D eigenvalue weighted by molar-refractivity contribution is 4.93. The Morgan fingerprint density at radius 2 is 2.06 bits per heavy atom. The molecule has 0 aliphatic heterocycles. The summed E-state index contributed by atoms with van der Waals surface area (Å²) >= 11 is 0. The van der Waals surface area contributed by atoms with Crippen molar-refractivity contribution in [2.45, 2.75) is 59.8 Å². The quantitative estimate of drug-likeness (QED) is 0.670. The second kappa shape index (κ2) is 6.05. The highest BCUT2D eigenvalue weighted by atomic mass is 16.5. The first-order valence-corrected chi connectivity index (χ1v) is 7.05. The van der Waals surface area contributed by atoms with Crippen LogP contribution in [0.3, 0.4) is 0 Å². The Kier molecular flexibility index (Phi) is 5.30. The number of rotatable bonds is 5. The summed E-state index contributed by atoms with van der Waals surface area (Å²) < 4.78 is 5.56. The molecule has 0 aromatic heterocycles. The van der Waals surface area contributed by atoms with Crippen molar-refractivity contribution in [3.8, 4) is 0 Å². The molecule has 4 unspecified atom stereocenters. The Hall–Kier alpha value is -0.0400. The SMILES string of the molecule is CCCC(C)C1(COC)CCC(C)CC1C. The van der Waals surface area contributed by atoms with Crippen LogP contribution in [0.5, 0.6) is 0 Å². The van der Waals surface area contributed by atoms with Crippen molar-refractivity contribution in [1.29, 1.82) is 0 Å². The van der Waals surface area contributed by atoms with E-state index in [1.165, 1.54) is 32.1 Å². The minimum Gasteiger partial charge on any atom is -0.384 e. The fourth-order valence-corrected chi connectivity index (χ4v) is 3.80. The highest BCUT2D eigenvalue weighted by Gasteiger charge is 2.43. The van der Waals surface area contributed by atoms with E-state index in [4.69, 9.17) is 4.74 Å². The first kappa shape index (κ1) is 14.0. The predicted molar refractivity (Wildman–Crippen MR) is 70.6 cm³/mol. The Bertz CT molecular complexity index is 196. The molecule has 1 aliphatic carbocycles. The minimum absolute atomic E-state index is 0.456. The van der Waals surface area contributed by atoms with Crippen molar-refractivity contribution in [2.75, 3.05) is 13.7 Å². The van der Waals surface area contributed by atoms with Gasteiger partial charge in [0.25, 0.3) is 0 Å². The zero-order valence-corrected chi connectivity index (χ0v) is 11.9. The van der Waals surface area contributed by atoms with Crippen molar-refractivity contribution in [3.05, 3.63) is 0 Å². The molecule has 0 saturated heterocycles. The van der Waals surface area contributed by atoms with Crippen molar-refractivity contribution >= 4 is 0 Å². The molecule has 0 amide bonds. The molecule has 0 spiro atoms. The summed E-state index contributed by atoms with van der Waals surface area (Å²) in [7, 11) is 1.87. The van der Waals surface area contributed by atoms with Gasteiger partial charge >= 0.3 is 0 Å². The van der Waals surface area contributed by atoms with Crippen molar-refractivity contribution in [1.82, 2.24) is 0 Å². The molecule has 96 valence electrons. The number of hydrogen-bond donors (Lipinski definition) is 0. The molecule has 0 radical (unpaired) electrons. The number of ether oxygens (including phenoxy) is 1. The summed E-state index contributed by atoms with van der Waals surface area (Å²) in [5.74, 6) is 2.53. The second-order valence-electron chi connectivity index (χ2n) is 6.14. The van der Waals surface area contributed by atoms with E-state index in [0.29, 0.717) is 5.41 Å². The van der Waals surface area contributed by atoms with E-state index in [9.17, 15) is 0 Å². The normalized spacial score (nSPS) is 37.3. The largest absolute Gasteiger partial charge is 0.384 e. The van der Waals surface area contributed by atoms with Crippen LogP contribution in [0.1, 0.15) is 59.8 Å². The maximum absolute atomic E-state index is 5.56. The van der Waals surface area contributed by atoms with E-state index in [1.54, 1.807) is 0 Å². The lowest BCUT2D eigenvalue weighted by molar-refractivity contribution is -0.0473. The Morgan fingerprint density at radius 3 is 2.56 bits per heavy atom. The van der Waals surface area contributed by atoms with E-state index in [-0.39, 0.29) is 0 Å². The molecular weight excluding hydrogens is 196 g/mol. The third-order valence-electron chi connectivity index (χ3n) is 4.96. The Morgan fingerprint density at radius 1 is 1.38 bits per heavy atom. The summed E-state index contributed by atoms with van der Waals surface area (Å²) in [6, 6.07) is 0. The van der Waals surface area contributed by atoms with Crippen LogP contribution in [-0.4, -0.2) is 13.7 Å². The lowest BCUT2D eigenvalue weighted by atomic mass is 9.58. The average Bonchev–Trinajstić information content (AvgIpc) is 2.23. The van der Waals surface area contributed by atoms with Crippen LogP contribution >= 0.6 is 0 Å². The second-order valence-corrected chi connectivity index (χ2v) is 6.14. The standard InChI is InChI=1S/C15H30O/c1-6-7-13(3)15(11-16-5)9-8-12(2)10-14(15)4/h12-14H,6-11H2,1-5H3. The fraction of sp³-hybridized carbons (Fsp3) is 1.00. The van der Waals surface area contributed by atoms with Gasteiger partial charge in [0.05, 0.1) is 6.61 Å². The smallest absolute Gasteiger partial charge is 0.0523 e. The van der Waals surface area contributed by atoms with Crippen LogP contribution in [0, 0.1) is 23.2 Å². The molecular formula is C15H30O. The zero-order valence-electron chi connectivity index (χ0n) is 11.9. The first-order chi connectivity index (χ1) is 7.56. The molecule has 1 fully saturated rings. The van der Waals surface area contributed by atoms with Crippen LogP contribution < -0.4 is 0 Å². The van der Waals surface area contributed by atoms with Crippen LogP contribution in [-0.2, 0) is 4.74 Å². The van der Waals surface area contributed by atoms with Crippen LogP contribution in [0.15, 0.2) is 0 Å². The maximum atomic E-state index is 5.56. The maximum Gasteiger partial charge on any atom is 0.0523 e. The summed E-state index contributed by atoms with van der Waals surface area (Å²) in [4.78, 5) is 0. The van der Waals surface area contributed by atoms with Crippen molar-refractivity contribution < 1.29 is 4.74 Å². The van der Waals surface area contributed by atoms with Gasteiger partial charge in [-0.15, -0.1) is 0 Å². The predicted octanol–water partition coefficient (Wildman–Crippen LogP) is 4.51. The van der Waals surface area contributed by atoms with Crippen LogP contribution in [0.2, 0.25) is 0 Å². The lowest BCUT2D eigenvalue weighted by Gasteiger charge is -2.48. The number of methoxy groups -OCH3 is 1. The minimum atomic E-state index is 0.456. The van der Waals surface area contributed by atoms with Gasteiger partial charge in [-0.3, -0.25) is 0 Å². The first-order valence-electron chi connectivity index (χ1n) is 7.05. The molecule has 1 heteroatoms. The summed E-state index contributed by atoms with van der Waals surface area (Å²) in [5, 5.41) is 0. The van der Waals surface area contributed by atoms with Gasteiger partial charge in [0.15, 0.2) is 0 Å². The molecule has 1 saturated carbocycles. The van der Waals surface area contributed by atoms with Gasteiger partial charge in [-0.2, -0.15) is 0 Å². The molecule has 0 bridgehead atoms. The summed E-state index contributed by atoms with van der Waals surface area (Å²) in [6.45, 7) is 10.5. The van der Waals surface area contributed by atoms with Gasteiger partial charge in [-0.05, 0) is 36.0 Å². The molecule has 1 nitrogen and oxygen atoms in total.